The summed E-state index contributed by atoms with van der Waals surface area (Å²) in [6.45, 7) is 5.47. The summed E-state index contributed by atoms with van der Waals surface area (Å²) in [4.78, 5) is 28.5. The van der Waals surface area contributed by atoms with Crippen molar-refractivity contribution in [3.05, 3.63) is 94.8 Å². The standard InChI is InChI=1S/C30H35ClFN3O4S/c1-4-6-19-33-30(37)27(5-2)34(20-23-13-15-24(32)16-14-23)29(36)21-35(28-10-8-7-9-26(28)31)40(38,39)25-17-11-22(3)12-18-25/h7-18,27H,4-6,19-21H2,1-3H3,(H,33,37)/t27-/m0/s1. The first-order chi connectivity index (χ1) is 19.1. The van der Waals surface area contributed by atoms with E-state index in [1.165, 1.54) is 47.4 Å². The highest BCUT2D eigenvalue weighted by Crippen LogP contribution is 2.31. The smallest absolute Gasteiger partial charge is 0.264 e. The second kappa shape index (κ2) is 14.3. The first-order valence-corrected chi connectivity index (χ1v) is 15.1. The summed E-state index contributed by atoms with van der Waals surface area (Å²) in [6.07, 6.45) is 1.96. The number of carbonyl (C=O) groups excluding carboxylic acids is 2. The maximum absolute atomic E-state index is 14.0. The van der Waals surface area contributed by atoms with Gasteiger partial charge in [-0.05, 0) is 61.7 Å². The molecule has 7 nitrogen and oxygen atoms in total. The van der Waals surface area contributed by atoms with Gasteiger partial charge in [0.1, 0.15) is 18.4 Å². The van der Waals surface area contributed by atoms with Crippen LogP contribution in [-0.4, -0.2) is 44.3 Å². The Kier molecular flexibility index (Phi) is 11.1. The Bertz CT molecular complexity index is 1400. The number of benzene rings is 3. The number of unbranched alkanes of at least 4 members (excludes halogenated alkanes) is 1. The van der Waals surface area contributed by atoms with Gasteiger partial charge in [-0.25, -0.2) is 12.8 Å². The van der Waals surface area contributed by atoms with Gasteiger partial charge < -0.3 is 10.2 Å². The number of nitrogens with zero attached hydrogens (tertiary/aromatic N) is 2. The number of amides is 2. The normalized spacial score (nSPS) is 12.0. The van der Waals surface area contributed by atoms with E-state index in [4.69, 9.17) is 11.6 Å². The summed E-state index contributed by atoms with van der Waals surface area (Å²) in [5, 5.41) is 3.03. The summed E-state index contributed by atoms with van der Waals surface area (Å²) >= 11 is 6.43. The lowest BCUT2D eigenvalue weighted by atomic mass is 10.1. The molecule has 1 N–H and O–H groups in total. The average molecular weight is 588 g/mol. The van der Waals surface area contributed by atoms with Crippen molar-refractivity contribution >= 4 is 39.1 Å². The van der Waals surface area contributed by atoms with Crippen molar-refractivity contribution in [2.75, 3.05) is 17.4 Å². The van der Waals surface area contributed by atoms with Crippen LogP contribution < -0.4 is 9.62 Å². The SMILES string of the molecule is CCCCNC(=O)[C@H](CC)N(Cc1ccc(F)cc1)C(=O)CN(c1ccccc1Cl)S(=O)(=O)c1ccc(C)cc1. The molecule has 0 spiro atoms. The van der Waals surface area contributed by atoms with E-state index < -0.39 is 34.3 Å². The van der Waals surface area contributed by atoms with Crippen LogP contribution in [0.5, 0.6) is 0 Å². The molecule has 0 fully saturated rings. The number of rotatable bonds is 13. The fourth-order valence-corrected chi connectivity index (χ4v) is 5.94. The maximum atomic E-state index is 14.0. The van der Waals surface area contributed by atoms with E-state index in [9.17, 15) is 22.4 Å². The van der Waals surface area contributed by atoms with Crippen LogP contribution in [0.25, 0.3) is 0 Å². The third-order valence-corrected chi connectivity index (χ3v) is 8.58. The Morgan fingerprint density at radius 3 is 2.23 bits per heavy atom. The summed E-state index contributed by atoms with van der Waals surface area (Å²) in [7, 11) is -4.22. The van der Waals surface area contributed by atoms with Gasteiger partial charge in [-0.3, -0.25) is 13.9 Å². The first kappa shape index (κ1) is 31.1. The lowest BCUT2D eigenvalue weighted by Crippen LogP contribution is -2.52. The number of nitrogens with one attached hydrogen (secondary N) is 1. The van der Waals surface area contributed by atoms with Crippen LogP contribution in [0.15, 0.2) is 77.7 Å². The van der Waals surface area contributed by atoms with Crippen molar-refractivity contribution < 1.29 is 22.4 Å². The number of halogens is 2. The van der Waals surface area contributed by atoms with E-state index in [2.05, 4.69) is 5.32 Å². The van der Waals surface area contributed by atoms with E-state index in [1.807, 2.05) is 13.8 Å². The molecule has 10 heteroatoms. The van der Waals surface area contributed by atoms with E-state index in [0.717, 1.165) is 22.7 Å². The monoisotopic (exact) mass is 587 g/mol. The quantitative estimate of drug-likeness (QED) is 0.260. The number of anilines is 1. The third-order valence-electron chi connectivity index (χ3n) is 6.49. The van der Waals surface area contributed by atoms with Gasteiger partial charge in [0, 0.05) is 13.1 Å². The van der Waals surface area contributed by atoms with Crippen LogP contribution in [-0.2, 0) is 26.2 Å². The summed E-state index contributed by atoms with van der Waals surface area (Å²) in [5.74, 6) is -1.37. The van der Waals surface area contributed by atoms with Gasteiger partial charge >= 0.3 is 0 Å². The van der Waals surface area contributed by atoms with Gasteiger partial charge in [0.15, 0.2) is 0 Å². The predicted molar refractivity (Wildman–Crippen MR) is 156 cm³/mol. The zero-order valence-electron chi connectivity index (χ0n) is 22.9. The average Bonchev–Trinajstić information content (AvgIpc) is 2.93. The maximum Gasteiger partial charge on any atom is 0.264 e. The number of carbonyl (C=O) groups is 2. The molecule has 0 unspecified atom stereocenters. The van der Waals surface area contributed by atoms with Crippen molar-refractivity contribution in [2.24, 2.45) is 0 Å². The molecule has 40 heavy (non-hydrogen) atoms. The molecule has 0 aliphatic heterocycles. The Hall–Kier alpha value is -3.43. The molecule has 3 aromatic rings. The van der Waals surface area contributed by atoms with Gasteiger partial charge in [0.25, 0.3) is 10.0 Å². The Morgan fingerprint density at radius 2 is 1.62 bits per heavy atom. The van der Waals surface area contributed by atoms with Crippen molar-refractivity contribution in [1.29, 1.82) is 0 Å². The highest BCUT2D eigenvalue weighted by atomic mass is 35.5. The van der Waals surface area contributed by atoms with Crippen molar-refractivity contribution in [3.8, 4) is 0 Å². The Morgan fingerprint density at radius 1 is 0.975 bits per heavy atom. The number of sulfonamides is 1. The summed E-state index contributed by atoms with van der Waals surface area (Å²) in [6, 6.07) is 17.4. The van der Waals surface area contributed by atoms with Crippen LogP contribution >= 0.6 is 11.6 Å². The number of hydrogen-bond acceptors (Lipinski definition) is 4. The molecular formula is C30H35ClFN3O4S. The van der Waals surface area contributed by atoms with Crippen molar-refractivity contribution in [2.45, 2.75) is 57.5 Å². The van der Waals surface area contributed by atoms with Crippen LogP contribution in [0.4, 0.5) is 10.1 Å². The minimum atomic E-state index is -4.22. The molecule has 0 saturated carbocycles. The number of para-hydroxylation sites is 1. The van der Waals surface area contributed by atoms with Gasteiger partial charge in [-0.1, -0.05) is 73.8 Å². The second-order valence-electron chi connectivity index (χ2n) is 9.49. The number of aryl methyl sites for hydroxylation is 1. The largest absolute Gasteiger partial charge is 0.354 e. The molecule has 214 valence electrons. The van der Waals surface area contributed by atoms with Crippen LogP contribution in [0.1, 0.15) is 44.2 Å². The van der Waals surface area contributed by atoms with Crippen LogP contribution in [0.2, 0.25) is 5.02 Å². The molecule has 0 aliphatic carbocycles. The molecule has 0 saturated heterocycles. The van der Waals surface area contributed by atoms with E-state index in [0.29, 0.717) is 18.5 Å². The topological polar surface area (TPSA) is 86.8 Å². The lowest BCUT2D eigenvalue weighted by Gasteiger charge is -2.33. The van der Waals surface area contributed by atoms with E-state index >= 15 is 0 Å². The predicted octanol–water partition coefficient (Wildman–Crippen LogP) is 5.71. The summed E-state index contributed by atoms with van der Waals surface area (Å²) in [5.41, 5.74) is 1.62. The third kappa shape index (κ3) is 7.82. The Balaban J connectivity index is 2.04. The molecule has 3 rings (SSSR count). The van der Waals surface area contributed by atoms with E-state index in [1.54, 1.807) is 37.3 Å². The fraction of sp³-hybridized carbons (Fsp3) is 0.333. The van der Waals surface area contributed by atoms with Gasteiger partial charge in [0.2, 0.25) is 11.8 Å². The molecule has 0 bridgehead atoms. The van der Waals surface area contributed by atoms with Gasteiger partial charge in [0.05, 0.1) is 15.6 Å². The molecular weight excluding hydrogens is 553 g/mol. The molecule has 0 aromatic heterocycles. The highest BCUT2D eigenvalue weighted by Gasteiger charge is 2.34. The zero-order chi connectivity index (χ0) is 29.3. The fourth-order valence-electron chi connectivity index (χ4n) is 4.22. The van der Waals surface area contributed by atoms with Crippen molar-refractivity contribution in [3.63, 3.8) is 0 Å². The second-order valence-corrected chi connectivity index (χ2v) is 11.8. The summed E-state index contributed by atoms with van der Waals surface area (Å²) < 4.78 is 42.3. The van der Waals surface area contributed by atoms with Crippen molar-refractivity contribution in [1.82, 2.24) is 10.2 Å². The van der Waals surface area contributed by atoms with Crippen LogP contribution in [0, 0.1) is 12.7 Å². The Labute approximate surface area is 241 Å². The molecule has 1 atom stereocenters. The molecule has 0 radical (unpaired) electrons. The number of hydrogen-bond donors (Lipinski definition) is 1. The van der Waals surface area contributed by atoms with Crippen LogP contribution in [0.3, 0.4) is 0 Å². The lowest BCUT2D eigenvalue weighted by molar-refractivity contribution is -0.140. The molecule has 0 heterocycles. The molecule has 2 amide bonds. The van der Waals surface area contributed by atoms with Gasteiger partial charge in [-0.2, -0.15) is 0 Å². The minimum absolute atomic E-state index is 0.000236. The molecule has 3 aromatic carbocycles. The van der Waals surface area contributed by atoms with Gasteiger partial charge in [-0.15, -0.1) is 0 Å². The van der Waals surface area contributed by atoms with E-state index in [-0.39, 0.29) is 28.1 Å². The highest BCUT2D eigenvalue weighted by molar-refractivity contribution is 7.92. The zero-order valence-corrected chi connectivity index (χ0v) is 24.5. The molecule has 0 aliphatic rings. The first-order valence-electron chi connectivity index (χ1n) is 13.2. The minimum Gasteiger partial charge on any atom is -0.354 e.